The van der Waals surface area contributed by atoms with Gasteiger partial charge in [-0.3, -0.25) is 9.20 Å². The summed E-state index contributed by atoms with van der Waals surface area (Å²) in [5.41, 5.74) is -0.297. The van der Waals surface area contributed by atoms with E-state index in [0.29, 0.717) is 11.7 Å². The summed E-state index contributed by atoms with van der Waals surface area (Å²) in [5.74, 6) is -3.11. The number of aromatic nitrogens is 2. The van der Waals surface area contributed by atoms with E-state index in [9.17, 15) is 26.7 Å². The van der Waals surface area contributed by atoms with Gasteiger partial charge in [0, 0.05) is 17.3 Å². The van der Waals surface area contributed by atoms with Crippen LogP contribution in [0.4, 0.5) is 27.8 Å². The predicted octanol–water partition coefficient (Wildman–Crippen LogP) is 5.86. The van der Waals surface area contributed by atoms with Gasteiger partial charge in [0.15, 0.2) is 11.6 Å². The van der Waals surface area contributed by atoms with E-state index in [1.54, 1.807) is 25.3 Å². The van der Waals surface area contributed by atoms with Crippen LogP contribution in [0.25, 0.3) is 16.9 Å². The number of nitrogens with zero attached hydrogens (tertiary/aromatic N) is 2. The zero-order valence-electron chi connectivity index (χ0n) is 16.0. The lowest BCUT2D eigenvalue weighted by Crippen LogP contribution is -2.15. The van der Waals surface area contributed by atoms with Gasteiger partial charge in [-0.25, -0.2) is 13.8 Å². The third-order valence-corrected chi connectivity index (χ3v) is 4.67. The maximum atomic E-state index is 14.5. The first-order chi connectivity index (χ1) is 14.6. The van der Waals surface area contributed by atoms with Crippen LogP contribution in [0.2, 0.25) is 0 Å². The molecule has 158 valence electrons. The molecule has 4 rings (SSSR count). The van der Waals surface area contributed by atoms with Crippen LogP contribution in [0.5, 0.6) is 0 Å². The highest BCUT2D eigenvalue weighted by molar-refractivity contribution is 6.06. The fraction of sp³-hybridized carbons (Fsp3) is 0.0909. The Morgan fingerprint density at radius 3 is 2.52 bits per heavy atom. The first-order valence-corrected chi connectivity index (χ1v) is 9.07. The number of hydrogen-bond acceptors (Lipinski definition) is 2. The molecule has 0 saturated heterocycles. The number of carbonyl (C=O) groups excluding carboxylic acids is 1. The highest BCUT2D eigenvalue weighted by Crippen LogP contribution is 2.33. The molecule has 2 aromatic heterocycles. The van der Waals surface area contributed by atoms with Gasteiger partial charge in [-0.05, 0) is 55.0 Å². The summed E-state index contributed by atoms with van der Waals surface area (Å²) in [4.78, 5) is 17.1. The Hall–Kier alpha value is -3.75. The van der Waals surface area contributed by atoms with E-state index in [2.05, 4.69) is 10.3 Å². The maximum Gasteiger partial charge on any atom is 0.416 e. The van der Waals surface area contributed by atoms with Gasteiger partial charge in [-0.15, -0.1) is 0 Å². The first-order valence-electron chi connectivity index (χ1n) is 9.07. The van der Waals surface area contributed by atoms with Crippen molar-refractivity contribution in [2.45, 2.75) is 13.1 Å². The lowest BCUT2D eigenvalue weighted by molar-refractivity contribution is -0.137. The molecule has 9 heteroatoms. The molecule has 4 nitrogen and oxygen atoms in total. The Kier molecular flexibility index (Phi) is 4.96. The predicted molar refractivity (Wildman–Crippen MR) is 105 cm³/mol. The number of hydrogen-bond donors (Lipinski definition) is 1. The minimum absolute atomic E-state index is 0.00177. The van der Waals surface area contributed by atoms with Crippen molar-refractivity contribution >= 4 is 17.4 Å². The molecular formula is C22H14F5N3O. The Balaban J connectivity index is 1.83. The van der Waals surface area contributed by atoms with E-state index in [4.69, 9.17) is 0 Å². The second kappa shape index (κ2) is 7.50. The van der Waals surface area contributed by atoms with Crippen LogP contribution >= 0.6 is 0 Å². The Morgan fingerprint density at radius 2 is 1.77 bits per heavy atom. The van der Waals surface area contributed by atoms with Gasteiger partial charge in [-0.1, -0.05) is 12.1 Å². The molecule has 1 amide bonds. The highest BCUT2D eigenvalue weighted by atomic mass is 19.4. The van der Waals surface area contributed by atoms with Gasteiger partial charge in [-0.2, -0.15) is 13.2 Å². The van der Waals surface area contributed by atoms with Gasteiger partial charge in [0.1, 0.15) is 17.2 Å². The van der Waals surface area contributed by atoms with Crippen molar-refractivity contribution in [3.8, 4) is 11.3 Å². The zero-order valence-corrected chi connectivity index (χ0v) is 16.0. The summed E-state index contributed by atoms with van der Waals surface area (Å²) in [7, 11) is 0. The molecule has 31 heavy (non-hydrogen) atoms. The van der Waals surface area contributed by atoms with Gasteiger partial charge >= 0.3 is 6.18 Å². The number of halogens is 5. The monoisotopic (exact) mass is 431 g/mol. The quantitative estimate of drug-likeness (QED) is 0.413. The molecule has 2 heterocycles. The normalized spacial score (nSPS) is 11.7. The minimum atomic E-state index is -4.62. The first kappa shape index (κ1) is 20.5. The van der Waals surface area contributed by atoms with E-state index in [1.165, 1.54) is 22.6 Å². The number of pyridine rings is 1. The molecule has 0 aliphatic carbocycles. The number of alkyl halides is 3. The molecular weight excluding hydrogens is 417 g/mol. The van der Waals surface area contributed by atoms with Gasteiger partial charge in [0.2, 0.25) is 0 Å². The van der Waals surface area contributed by atoms with Crippen molar-refractivity contribution in [3.63, 3.8) is 0 Å². The largest absolute Gasteiger partial charge is 0.416 e. The van der Waals surface area contributed by atoms with Crippen LogP contribution in [0.3, 0.4) is 0 Å². The molecule has 1 N–H and O–H groups in total. The lowest BCUT2D eigenvalue weighted by atomic mass is 10.1. The summed E-state index contributed by atoms with van der Waals surface area (Å²) < 4.78 is 68.7. The molecule has 0 atom stereocenters. The highest BCUT2D eigenvalue weighted by Gasteiger charge is 2.31. The second-order valence-corrected chi connectivity index (χ2v) is 6.88. The van der Waals surface area contributed by atoms with Crippen LogP contribution in [-0.2, 0) is 6.18 Å². The number of nitrogens with one attached hydrogen (secondary N) is 1. The number of amides is 1. The third-order valence-electron chi connectivity index (χ3n) is 4.67. The lowest BCUT2D eigenvalue weighted by Gasteiger charge is -2.11. The van der Waals surface area contributed by atoms with E-state index >= 15 is 0 Å². The number of carbonyl (C=O) groups is 1. The number of anilines is 1. The fourth-order valence-corrected chi connectivity index (χ4v) is 3.16. The van der Waals surface area contributed by atoms with Crippen molar-refractivity contribution in [2.24, 2.45) is 0 Å². The van der Waals surface area contributed by atoms with Crippen LogP contribution in [-0.4, -0.2) is 15.3 Å². The fourth-order valence-electron chi connectivity index (χ4n) is 3.16. The molecule has 0 aliphatic heterocycles. The van der Waals surface area contributed by atoms with E-state index < -0.39 is 29.3 Å². The molecule has 0 unspecified atom stereocenters. The molecule has 2 aromatic carbocycles. The number of aryl methyl sites for hydroxylation is 1. The molecule has 0 fully saturated rings. The molecule has 0 aliphatic rings. The Morgan fingerprint density at radius 1 is 1.03 bits per heavy atom. The summed E-state index contributed by atoms with van der Waals surface area (Å²) in [5, 5.41) is 2.50. The number of fused-ring (bicyclic) bond motifs is 1. The summed E-state index contributed by atoms with van der Waals surface area (Å²) in [6.45, 7) is 1.80. The van der Waals surface area contributed by atoms with Crippen LogP contribution in [0.1, 0.15) is 21.5 Å². The molecule has 0 spiro atoms. The van der Waals surface area contributed by atoms with Crippen LogP contribution in [0, 0.1) is 18.6 Å². The standard InChI is InChI=1S/C22H14F5N3O/c1-12-8-9-30-17(10-12)28-19(15-6-3-7-16(23)18(15)24)20(30)29-21(31)13-4-2-5-14(11-13)22(25,26)27/h2-11H,1H3,(H,29,31). The van der Waals surface area contributed by atoms with Gasteiger partial charge in [0.25, 0.3) is 5.91 Å². The zero-order chi connectivity index (χ0) is 22.3. The summed E-state index contributed by atoms with van der Waals surface area (Å²) in [6.07, 6.45) is -3.05. The number of benzene rings is 2. The Bertz CT molecular complexity index is 1310. The van der Waals surface area contributed by atoms with E-state index in [-0.39, 0.29) is 22.6 Å². The maximum absolute atomic E-state index is 14.5. The van der Waals surface area contributed by atoms with Crippen molar-refractivity contribution in [2.75, 3.05) is 5.32 Å². The average Bonchev–Trinajstić information content (AvgIpc) is 3.06. The number of imidazole rings is 1. The van der Waals surface area contributed by atoms with Crippen molar-refractivity contribution in [3.05, 3.63) is 89.1 Å². The smallest absolute Gasteiger partial charge is 0.306 e. The van der Waals surface area contributed by atoms with Crippen LogP contribution in [0.15, 0.2) is 60.8 Å². The SMILES string of the molecule is Cc1ccn2c(NC(=O)c3cccc(C(F)(F)F)c3)c(-c3cccc(F)c3F)nc2c1. The topological polar surface area (TPSA) is 46.4 Å². The second-order valence-electron chi connectivity index (χ2n) is 6.88. The van der Waals surface area contributed by atoms with Crippen molar-refractivity contribution in [1.82, 2.24) is 9.38 Å². The molecule has 0 saturated carbocycles. The van der Waals surface area contributed by atoms with Gasteiger partial charge < -0.3 is 5.32 Å². The molecule has 4 aromatic rings. The summed E-state index contributed by atoms with van der Waals surface area (Å²) >= 11 is 0. The molecule has 0 bridgehead atoms. The van der Waals surface area contributed by atoms with E-state index in [0.717, 1.165) is 23.8 Å². The van der Waals surface area contributed by atoms with E-state index in [1.807, 2.05) is 0 Å². The summed E-state index contributed by atoms with van der Waals surface area (Å²) in [6, 6.07) is 10.8. The third kappa shape index (κ3) is 3.86. The van der Waals surface area contributed by atoms with Crippen molar-refractivity contribution in [1.29, 1.82) is 0 Å². The Labute approximate surface area is 173 Å². The number of rotatable bonds is 3. The van der Waals surface area contributed by atoms with Crippen LogP contribution < -0.4 is 5.32 Å². The van der Waals surface area contributed by atoms with Gasteiger partial charge in [0.05, 0.1) is 5.56 Å². The van der Waals surface area contributed by atoms with Crippen molar-refractivity contribution < 1.29 is 26.7 Å². The molecule has 0 radical (unpaired) electrons. The average molecular weight is 431 g/mol. The minimum Gasteiger partial charge on any atom is -0.306 e.